The number of hydrogen-bond acceptors (Lipinski definition) is 3. The number of anilines is 1. The van der Waals surface area contributed by atoms with Gasteiger partial charge in [-0.05, 0) is 75.5 Å². The van der Waals surface area contributed by atoms with Gasteiger partial charge in [-0.1, -0.05) is 18.2 Å². The zero-order chi connectivity index (χ0) is 20.8. The molecule has 0 radical (unpaired) electrons. The Hall–Kier alpha value is -3.32. The summed E-state index contributed by atoms with van der Waals surface area (Å²) in [6.07, 6.45) is 0. The van der Waals surface area contributed by atoms with E-state index < -0.39 is 0 Å². The van der Waals surface area contributed by atoms with Crippen LogP contribution in [-0.4, -0.2) is 22.2 Å². The molecule has 0 saturated carbocycles. The van der Waals surface area contributed by atoms with Gasteiger partial charge in [0.2, 0.25) is 0 Å². The van der Waals surface area contributed by atoms with Crippen LogP contribution in [0.25, 0.3) is 5.69 Å². The molecule has 2 aromatic carbocycles. The highest BCUT2D eigenvalue weighted by Crippen LogP contribution is 2.20. The Morgan fingerprint density at radius 2 is 1.72 bits per heavy atom. The van der Waals surface area contributed by atoms with Crippen LogP contribution >= 0.6 is 12.2 Å². The molecule has 1 amide bonds. The number of ether oxygens (including phenoxy) is 1. The molecule has 0 aliphatic rings. The number of para-hydroxylation sites is 1. The fourth-order valence-corrected chi connectivity index (χ4v) is 3.28. The second kappa shape index (κ2) is 9.25. The molecule has 0 atom stereocenters. The summed E-state index contributed by atoms with van der Waals surface area (Å²) in [4.78, 5) is 12.6. The van der Waals surface area contributed by atoms with Gasteiger partial charge in [0.25, 0.3) is 5.91 Å². The Labute approximate surface area is 175 Å². The Morgan fingerprint density at radius 1 is 1.03 bits per heavy atom. The number of thiocarbonyl (C=S) groups is 1. The Balaban J connectivity index is 1.61. The smallest absolute Gasteiger partial charge is 0.271 e. The van der Waals surface area contributed by atoms with E-state index in [-0.39, 0.29) is 5.91 Å². The number of carbonyl (C=O) groups excluding carboxylic acids is 1. The first kappa shape index (κ1) is 20.4. The number of nitrogens with one attached hydrogen (secondary N) is 3. The molecule has 0 spiro atoms. The van der Waals surface area contributed by atoms with Crippen molar-refractivity contribution in [3.8, 4) is 11.4 Å². The molecule has 3 rings (SSSR count). The van der Waals surface area contributed by atoms with Gasteiger partial charge >= 0.3 is 0 Å². The number of benzene rings is 2. The van der Waals surface area contributed by atoms with Crippen molar-refractivity contribution < 1.29 is 9.53 Å². The summed E-state index contributed by atoms with van der Waals surface area (Å²) < 4.78 is 7.46. The van der Waals surface area contributed by atoms with Crippen LogP contribution < -0.4 is 20.9 Å². The number of amides is 1. The van der Waals surface area contributed by atoms with Gasteiger partial charge in [0, 0.05) is 22.8 Å². The highest BCUT2D eigenvalue weighted by atomic mass is 32.1. The zero-order valence-electron chi connectivity index (χ0n) is 16.7. The molecule has 0 aliphatic heterocycles. The summed E-state index contributed by atoms with van der Waals surface area (Å²) in [6.45, 7) is 6.45. The second-order valence-electron chi connectivity index (χ2n) is 6.45. The monoisotopic (exact) mass is 408 g/mol. The van der Waals surface area contributed by atoms with E-state index >= 15 is 0 Å². The fourth-order valence-electron chi connectivity index (χ4n) is 3.11. The number of hydrogen-bond donors (Lipinski definition) is 3. The van der Waals surface area contributed by atoms with Crippen LogP contribution in [0.4, 0.5) is 5.69 Å². The molecule has 3 aromatic rings. The predicted molar refractivity (Wildman–Crippen MR) is 120 cm³/mol. The molecule has 3 N–H and O–H groups in total. The molecule has 1 heterocycles. The predicted octanol–water partition coefficient (Wildman–Crippen LogP) is 4.12. The molecular formula is C22H24N4O2S. The van der Waals surface area contributed by atoms with Crippen LogP contribution in [0.2, 0.25) is 0 Å². The zero-order valence-corrected chi connectivity index (χ0v) is 17.5. The van der Waals surface area contributed by atoms with Gasteiger partial charge in [-0.15, -0.1) is 0 Å². The SMILES string of the molecule is CCOc1ccc(NC(=S)NNC(=O)c2cc(C)n(-c3ccccc3)c2C)cc1. The first-order valence-electron chi connectivity index (χ1n) is 9.34. The van der Waals surface area contributed by atoms with E-state index in [1.54, 1.807) is 0 Å². The molecule has 0 fully saturated rings. The Morgan fingerprint density at radius 3 is 2.38 bits per heavy atom. The van der Waals surface area contributed by atoms with Crippen molar-refractivity contribution in [2.24, 2.45) is 0 Å². The molecule has 0 bridgehead atoms. The first-order chi connectivity index (χ1) is 14.0. The first-order valence-corrected chi connectivity index (χ1v) is 9.75. The number of rotatable bonds is 5. The highest BCUT2D eigenvalue weighted by molar-refractivity contribution is 7.80. The van der Waals surface area contributed by atoms with Crippen molar-refractivity contribution in [3.63, 3.8) is 0 Å². The van der Waals surface area contributed by atoms with Crippen LogP contribution in [0.3, 0.4) is 0 Å². The minimum atomic E-state index is -0.254. The molecular weight excluding hydrogens is 384 g/mol. The molecule has 29 heavy (non-hydrogen) atoms. The number of aryl methyl sites for hydroxylation is 1. The van der Waals surface area contributed by atoms with E-state index in [2.05, 4.69) is 16.2 Å². The van der Waals surface area contributed by atoms with E-state index in [1.165, 1.54) is 0 Å². The summed E-state index contributed by atoms with van der Waals surface area (Å²) in [6, 6.07) is 19.2. The van der Waals surface area contributed by atoms with E-state index in [9.17, 15) is 4.79 Å². The maximum absolute atomic E-state index is 12.6. The van der Waals surface area contributed by atoms with Crippen LogP contribution in [-0.2, 0) is 0 Å². The quantitative estimate of drug-likeness (QED) is 0.438. The van der Waals surface area contributed by atoms with Crippen LogP contribution in [0.15, 0.2) is 60.7 Å². The van der Waals surface area contributed by atoms with Crippen LogP contribution in [0.1, 0.15) is 28.7 Å². The maximum atomic E-state index is 12.6. The molecule has 150 valence electrons. The Bertz CT molecular complexity index is 998. The van der Waals surface area contributed by atoms with Crippen molar-refractivity contribution in [2.75, 3.05) is 11.9 Å². The van der Waals surface area contributed by atoms with Crippen molar-refractivity contribution in [3.05, 3.63) is 77.6 Å². The topological polar surface area (TPSA) is 67.3 Å². The van der Waals surface area contributed by atoms with Gasteiger partial charge in [-0.25, -0.2) is 0 Å². The normalized spacial score (nSPS) is 10.3. The van der Waals surface area contributed by atoms with Crippen LogP contribution in [0.5, 0.6) is 5.75 Å². The molecule has 0 unspecified atom stereocenters. The summed E-state index contributed by atoms with van der Waals surface area (Å²) in [5, 5.41) is 3.31. The number of nitrogens with zero attached hydrogens (tertiary/aromatic N) is 1. The summed E-state index contributed by atoms with van der Waals surface area (Å²) in [5.74, 6) is 0.537. The molecule has 6 nitrogen and oxygen atoms in total. The lowest BCUT2D eigenvalue weighted by Crippen LogP contribution is -2.43. The highest BCUT2D eigenvalue weighted by Gasteiger charge is 2.16. The van der Waals surface area contributed by atoms with Crippen LogP contribution in [0, 0.1) is 13.8 Å². The second-order valence-corrected chi connectivity index (χ2v) is 6.85. The van der Waals surface area contributed by atoms with Crippen molar-refractivity contribution in [1.82, 2.24) is 15.4 Å². The van der Waals surface area contributed by atoms with E-state index in [0.29, 0.717) is 17.3 Å². The molecule has 7 heteroatoms. The molecule has 0 aliphatic carbocycles. The van der Waals surface area contributed by atoms with E-state index in [0.717, 1.165) is 28.5 Å². The average Bonchev–Trinajstić information content (AvgIpc) is 3.02. The van der Waals surface area contributed by atoms with Crippen molar-refractivity contribution in [1.29, 1.82) is 0 Å². The largest absolute Gasteiger partial charge is 0.494 e. The maximum Gasteiger partial charge on any atom is 0.271 e. The number of hydrazine groups is 1. The lowest BCUT2D eigenvalue weighted by atomic mass is 10.2. The minimum absolute atomic E-state index is 0.254. The fraction of sp³-hybridized carbons (Fsp3) is 0.182. The average molecular weight is 409 g/mol. The standard InChI is InChI=1S/C22H24N4O2S/c1-4-28-19-12-10-17(11-13-19)23-22(29)25-24-21(27)20-14-15(2)26(16(20)3)18-8-6-5-7-9-18/h5-14H,4H2,1-3H3,(H,24,27)(H2,23,25,29). The van der Waals surface area contributed by atoms with E-state index in [1.807, 2.05) is 86.0 Å². The van der Waals surface area contributed by atoms with Gasteiger partial charge in [0.05, 0.1) is 12.2 Å². The van der Waals surface area contributed by atoms with Gasteiger partial charge in [-0.2, -0.15) is 0 Å². The number of carbonyl (C=O) groups is 1. The van der Waals surface area contributed by atoms with Gasteiger partial charge in [-0.3, -0.25) is 15.6 Å². The lowest BCUT2D eigenvalue weighted by molar-refractivity contribution is 0.0943. The van der Waals surface area contributed by atoms with Gasteiger partial charge < -0.3 is 14.6 Å². The van der Waals surface area contributed by atoms with Crippen molar-refractivity contribution >= 4 is 28.9 Å². The van der Waals surface area contributed by atoms with E-state index in [4.69, 9.17) is 17.0 Å². The third-order valence-electron chi connectivity index (χ3n) is 4.40. The molecule has 1 aromatic heterocycles. The van der Waals surface area contributed by atoms with Gasteiger partial charge in [0.1, 0.15) is 5.75 Å². The summed E-state index contributed by atoms with van der Waals surface area (Å²) >= 11 is 5.26. The minimum Gasteiger partial charge on any atom is -0.494 e. The summed E-state index contributed by atoms with van der Waals surface area (Å²) in [7, 11) is 0. The Kier molecular flexibility index (Phi) is 6.51. The van der Waals surface area contributed by atoms with Gasteiger partial charge in [0.15, 0.2) is 5.11 Å². The third kappa shape index (κ3) is 4.94. The number of aromatic nitrogens is 1. The van der Waals surface area contributed by atoms with Crippen molar-refractivity contribution in [2.45, 2.75) is 20.8 Å². The molecule has 0 saturated heterocycles. The third-order valence-corrected chi connectivity index (χ3v) is 4.61. The lowest BCUT2D eigenvalue weighted by Gasteiger charge is -2.13. The summed E-state index contributed by atoms with van der Waals surface area (Å²) in [5.41, 5.74) is 9.63.